The Balaban J connectivity index is 1.67. The van der Waals surface area contributed by atoms with Crippen molar-refractivity contribution in [3.8, 4) is 5.75 Å². The summed E-state index contributed by atoms with van der Waals surface area (Å²) in [7, 11) is 0. The number of benzene rings is 2. The number of amides is 3. The van der Waals surface area contributed by atoms with Gasteiger partial charge in [-0.25, -0.2) is 0 Å². The predicted molar refractivity (Wildman–Crippen MR) is 132 cm³/mol. The van der Waals surface area contributed by atoms with Gasteiger partial charge in [0.2, 0.25) is 16.7 Å². The van der Waals surface area contributed by atoms with Gasteiger partial charge in [0.1, 0.15) is 5.75 Å². The van der Waals surface area contributed by atoms with E-state index in [1.54, 1.807) is 4.90 Å². The Kier molecular flexibility index (Phi) is 6.65. The SMILES string of the molecule is CCCCOc1ccc(CN2C(=O)[C@]3(SC(NC(C)=O)=NN3C(C)=O)c3cc(C)ccc32)cc1. The van der Waals surface area contributed by atoms with Gasteiger partial charge in [-0.15, -0.1) is 5.10 Å². The average molecular weight is 481 g/mol. The fourth-order valence-electron chi connectivity index (χ4n) is 4.09. The molecule has 34 heavy (non-hydrogen) atoms. The molecule has 0 aliphatic carbocycles. The number of carbonyl (C=O) groups is 3. The van der Waals surface area contributed by atoms with Crippen molar-refractivity contribution in [2.24, 2.45) is 5.10 Å². The highest BCUT2D eigenvalue weighted by molar-refractivity contribution is 8.15. The number of ether oxygens (including phenoxy) is 1. The number of thioether (sulfide) groups is 1. The normalized spacial score (nSPS) is 18.8. The number of hydrogen-bond donors (Lipinski definition) is 1. The van der Waals surface area contributed by atoms with E-state index >= 15 is 0 Å². The molecule has 0 bridgehead atoms. The van der Waals surface area contributed by atoms with Crippen LogP contribution in [0.5, 0.6) is 5.75 Å². The first kappa shape index (κ1) is 23.8. The molecule has 0 aromatic heterocycles. The van der Waals surface area contributed by atoms with E-state index in [9.17, 15) is 14.4 Å². The van der Waals surface area contributed by atoms with Crippen molar-refractivity contribution in [3.05, 3.63) is 59.2 Å². The van der Waals surface area contributed by atoms with E-state index in [4.69, 9.17) is 4.74 Å². The third-order valence-corrected chi connectivity index (χ3v) is 6.93. The summed E-state index contributed by atoms with van der Waals surface area (Å²) in [6.07, 6.45) is 2.06. The van der Waals surface area contributed by atoms with Crippen LogP contribution < -0.4 is 15.0 Å². The summed E-state index contributed by atoms with van der Waals surface area (Å²) in [6.45, 7) is 7.78. The molecule has 3 amide bonds. The van der Waals surface area contributed by atoms with Crippen LogP contribution in [0.2, 0.25) is 0 Å². The maximum Gasteiger partial charge on any atom is 0.271 e. The average Bonchev–Trinajstić information content (AvgIpc) is 3.27. The van der Waals surface area contributed by atoms with E-state index < -0.39 is 4.87 Å². The van der Waals surface area contributed by atoms with Crippen LogP contribution in [0.3, 0.4) is 0 Å². The summed E-state index contributed by atoms with van der Waals surface area (Å²) in [5, 5.41) is 8.34. The Hall–Kier alpha value is -3.33. The van der Waals surface area contributed by atoms with Crippen molar-refractivity contribution in [1.82, 2.24) is 10.3 Å². The zero-order valence-electron chi connectivity index (χ0n) is 19.8. The number of amidine groups is 1. The van der Waals surface area contributed by atoms with Crippen molar-refractivity contribution < 1.29 is 19.1 Å². The van der Waals surface area contributed by atoms with E-state index in [-0.39, 0.29) is 22.9 Å². The number of rotatable bonds is 6. The van der Waals surface area contributed by atoms with Gasteiger partial charge in [-0.3, -0.25) is 14.4 Å². The lowest BCUT2D eigenvalue weighted by atomic mass is 10.0. The minimum absolute atomic E-state index is 0.221. The van der Waals surface area contributed by atoms with Gasteiger partial charge in [0.05, 0.1) is 18.8 Å². The van der Waals surface area contributed by atoms with E-state index in [1.165, 1.54) is 18.9 Å². The maximum atomic E-state index is 14.0. The van der Waals surface area contributed by atoms with Crippen LogP contribution in [0.15, 0.2) is 47.6 Å². The first-order valence-corrected chi connectivity index (χ1v) is 12.1. The molecule has 178 valence electrons. The van der Waals surface area contributed by atoms with Crippen molar-refractivity contribution in [1.29, 1.82) is 0 Å². The minimum Gasteiger partial charge on any atom is -0.494 e. The maximum absolute atomic E-state index is 14.0. The first-order valence-electron chi connectivity index (χ1n) is 11.3. The molecule has 4 rings (SSSR count). The Labute approximate surface area is 203 Å². The Morgan fingerprint density at radius 1 is 1.15 bits per heavy atom. The third-order valence-electron chi connectivity index (χ3n) is 5.69. The fourth-order valence-corrected chi connectivity index (χ4v) is 5.41. The second kappa shape index (κ2) is 9.50. The zero-order chi connectivity index (χ0) is 24.5. The molecular weight excluding hydrogens is 452 g/mol. The Morgan fingerprint density at radius 2 is 1.88 bits per heavy atom. The van der Waals surface area contributed by atoms with Crippen LogP contribution >= 0.6 is 11.8 Å². The summed E-state index contributed by atoms with van der Waals surface area (Å²) in [5.74, 6) is -0.190. The zero-order valence-corrected chi connectivity index (χ0v) is 20.6. The Bertz CT molecular complexity index is 1160. The number of hydrogen-bond acceptors (Lipinski definition) is 6. The minimum atomic E-state index is -1.39. The third kappa shape index (κ3) is 4.27. The largest absolute Gasteiger partial charge is 0.494 e. The van der Waals surface area contributed by atoms with Crippen LogP contribution in [0.4, 0.5) is 5.69 Å². The molecular formula is C25H28N4O4S. The van der Waals surface area contributed by atoms with Crippen LogP contribution in [-0.4, -0.2) is 34.5 Å². The summed E-state index contributed by atoms with van der Waals surface area (Å²) in [5.41, 5.74) is 3.29. The van der Waals surface area contributed by atoms with E-state index in [1.807, 2.05) is 49.4 Å². The first-order chi connectivity index (χ1) is 16.3. The predicted octanol–water partition coefficient (Wildman–Crippen LogP) is 3.88. The Morgan fingerprint density at radius 3 is 2.53 bits per heavy atom. The molecule has 0 radical (unpaired) electrons. The number of nitrogens with zero attached hydrogens (tertiary/aromatic N) is 3. The van der Waals surface area contributed by atoms with Gasteiger partial charge in [-0.05, 0) is 48.9 Å². The number of carbonyl (C=O) groups excluding carboxylic acids is 3. The van der Waals surface area contributed by atoms with Crippen molar-refractivity contribution in [2.75, 3.05) is 11.5 Å². The van der Waals surface area contributed by atoms with Gasteiger partial charge >= 0.3 is 0 Å². The highest BCUT2D eigenvalue weighted by atomic mass is 32.2. The highest BCUT2D eigenvalue weighted by Crippen LogP contribution is 2.54. The number of aryl methyl sites for hydroxylation is 1. The number of anilines is 1. The smallest absolute Gasteiger partial charge is 0.271 e. The number of hydrazone groups is 1. The topological polar surface area (TPSA) is 91.3 Å². The van der Waals surface area contributed by atoms with Crippen molar-refractivity contribution >= 4 is 40.3 Å². The molecule has 1 N–H and O–H groups in total. The van der Waals surface area contributed by atoms with Crippen molar-refractivity contribution in [2.45, 2.75) is 52.0 Å². The van der Waals surface area contributed by atoms with Gasteiger partial charge in [0, 0.05) is 19.4 Å². The number of nitrogens with one attached hydrogen (secondary N) is 1. The van der Waals surface area contributed by atoms with E-state index in [0.717, 1.165) is 47.2 Å². The van der Waals surface area contributed by atoms with Gasteiger partial charge in [0.25, 0.3) is 5.91 Å². The molecule has 1 atom stereocenters. The lowest BCUT2D eigenvalue weighted by molar-refractivity contribution is -0.139. The van der Waals surface area contributed by atoms with Crippen LogP contribution in [0.1, 0.15) is 50.3 Å². The number of fused-ring (bicyclic) bond motifs is 2. The molecule has 8 nitrogen and oxygen atoms in total. The van der Waals surface area contributed by atoms with Gasteiger partial charge in [-0.2, -0.15) is 5.01 Å². The molecule has 2 aliphatic heterocycles. The van der Waals surface area contributed by atoms with Gasteiger partial charge in [-0.1, -0.05) is 43.2 Å². The van der Waals surface area contributed by atoms with Crippen LogP contribution in [0.25, 0.3) is 0 Å². The van der Waals surface area contributed by atoms with E-state index in [0.29, 0.717) is 18.7 Å². The fraction of sp³-hybridized carbons (Fsp3) is 0.360. The number of unbranched alkanes of at least 4 members (excludes halogenated alkanes) is 1. The summed E-state index contributed by atoms with van der Waals surface area (Å²) < 4.78 is 5.74. The molecule has 0 unspecified atom stereocenters. The van der Waals surface area contributed by atoms with Gasteiger partial charge in [0.15, 0.2) is 5.17 Å². The quantitative estimate of drug-likeness (QED) is 0.634. The summed E-state index contributed by atoms with van der Waals surface area (Å²) in [6, 6.07) is 13.4. The molecule has 2 heterocycles. The van der Waals surface area contributed by atoms with Crippen molar-refractivity contribution in [3.63, 3.8) is 0 Å². The second-order valence-corrected chi connectivity index (χ2v) is 9.60. The molecule has 0 saturated heterocycles. The lowest BCUT2D eigenvalue weighted by Crippen LogP contribution is -2.48. The molecule has 0 fully saturated rings. The van der Waals surface area contributed by atoms with Crippen LogP contribution in [0, 0.1) is 6.92 Å². The monoisotopic (exact) mass is 480 g/mol. The molecule has 0 saturated carbocycles. The second-order valence-electron chi connectivity index (χ2n) is 8.42. The highest BCUT2D eigenvalue weighted by Gasteiger charge is 2.61. The molecule has 1 spiro atoms. The standard InChI is InChI=1S/C25H28N4O4S/c1-5-6-13-33-20-10-8-19(9-11-20)15-28-22-12-7-16(2)14-21(22)25(23(28)32)29(18(4)31)27-24(34-25)26-17(3)30/h7-12,14H,5-6,13,15H2,1-4H3,(H,26,27,30)/t25-/m1/s1. The molecule has 2 aliphatic rings. The van der Waals surface area contributed by atoms with Gasteiger partial charge < -0.3 is 15.0 Å². The lowest BCUT2D eigenvalue weighted by Gasteiger charge is -2.29. The molecule has 9 heteroatoms. The molecule has 2 aromatic rings. The summed E-state index contributed by atoms with van der Waals surface area (Å²) in [4.78, 5) is 38.5. The van der Waals surface area contributed by atoms with E-state index in [2.05, 4.69) is 17.3 Å². The summed E-state index contributed by atoms with van der Waals surface area (Å²) >= 11 is 1.08. The molecule has 2 aromatic carbocycles. The van der Waals surface area contributed by atoms with Crippen LogP contribution in [-0.2, 0) is 25.8 Å².